The van der Waals surface area contributed by atoms with Gasteiger partial charge in [0, 0.05) is 44.2 Å². The van der Waals surface area contributed by atoms with Crippen molar-refractivity contribution in [1.29, 1.82) is 0 Å². The normalized spacial score (nSPS) is 25.5. The number of rotatable bonds is 7. The molecule has 1 saturated carbocycles. The molecule has 0 spiro atoms. The molecule has 1 heterocycles. The Bertz CT molecular complexity index is 459. The number of aliphatic imine (C=N–C) groups is 1. The lowest BCUT2D eigenvalue weighted by Gasteiger charge is -2.23. The van der Waals surface area contributed by atoms with Gasteiger partial charge in [0.15, 0.2) is 5.96 Å². The fourth-order valence-electron chi connectivity index (χ4n) is 3.93. The maximum absolute atomic E-state index is 12.1. The van der Waals surface area contributed by atoms with Crippen LogP contribution < -0.4 is 16.0 Å². The van der Waals surface area contributed by atoms with E-state index in [4.69, 9.17) is 0 Å². The van der Waals surface area contributed by atoms with E-state index in [1.165, 1.54) is 19.3 Å². The molecule has 0 radical (unpaired) electrons. The van der Waals surface area contributed by atoms with Crippen LogP contribution in [0.3, 0.4) is 0 Å². The first-order valence-electron chi connectivity index (χ1n) is 10.6. The molecule has 1 amide bonds. The number of carbonyl (C=O) groups is 1. The molecule has 0 bridgehead atoms. The van der Waals surface area contributed by atoms with Crippen LogP contribution in [0.25, 0.3) is 0 Å². The standard InChI is InChI=1S/C20H39N5O/c1-5-21-20(24-18-14-25(15(2)3)13-16(18)4)22-12-11-19(26)23-17-9-7-6-8-10-17/h15-18H,5-14H2,1-4H3,(H,23,26)(H2,21,22,24). The lowest BCUT2D eigenvalue weighted by Crippen LogP contribution is -2.47. The summed E-state index contributed by atoms with van der Waals surface area (Å²) in [6.45, 7) is 12.4. The number of hydrogen-bond acceptors (Lipinski definition) is 3. The molecule has 3 N–H and O–H groups in total. The van der Waals surface area contributed by atoms with Gasteiger partial charge in [-0.2, -0.15) is 0 Å². The average molecular weight is 366 g/mol. The molecule has 2 atom stereocenters. The zero-order valence-corrected chi connectivity index (χ0v) is 17.2. The first kappa shape index (κ1) is 21.0. The van der Waals surface area contributed by atoms with Crippen LogP contribution >= 0.6 is 0 Å². The van der Waals surface area contributed by atoms with E-state index in [1.807, 2.05) is 0 Å². The molecule has 1 aliphatic heterocycles. The Morgan fingerprint density at radius 2 is 1.88 bits per heavy atom. The van der Waals surface area contributed by atoms with Crippen molar-refractivity contribution in [2.75, 3.05) is 26.2 Å². The van der Waals surface area contributed by atoms with E-state index < -0.39 is 0 Å². The van der Waals surface area contributed by atoms with Crippen molar-refractivity contribution < 1.29 is 4.79 Å². The summed E-state index contributed by atoms with van der Waals surface area (Å²) in [6, 6.07) is 1.37. The second kappa shape index (κ2) is 10.8. The van der Waals surface area contributed by atoms with Crippen molar-refractivity contribution in [1.82, 2.24) is 20.9 Å². The van der Waals surface area contributed by atoms with Crippen LogP contribution in [0.15, 0.2) is 4.99 Å². The van der Waals surface area contributed by atoms with Crippen molar-refractivity contribution in [2.24, 2.45) is 10.9 Å². The molecule has 6 heteroatoms. The molecule has 2 unspecified atom stereocenters. The van der Waals surface area contributed by atoms with Crippen molar-refractivity contribution >= 4 is 11.9 Å². The Hall–Kier alpha value is -1.30. The number of nitrogens with zero attached hydrogens (tertiary/aromatic N) is 2. The fourth-order valence-corrected chi connectivity index (χ4v) is 3.93. The zero-order valence-electron chi connectivity index (χ0n) is 17.2. The minimum atomic E-state index is 0.136. The zero-order chi connectivity index (χ0) is 18.9. The lowest BCUT2D eigenvalue weighted by molar-refractivity contribution is -0.121. The Balaban J connectivity index is 1.77. The van der Waals surface area contributed by atoms with Crippen molar-refractivity contribution in [2.45, 2.75) is 84.3 Å². The van der Waals surface area contributed by atoms with E-state index in [1.54, 1.807) is 0 Å². The molecule has 6 nitrogen and oxygen atoms in total. The number of hydrogen-bond donors (Lipinski definition) is 3. The molecule has 0 aromatic rings. The molecule has 1 aliphatic carbocycles. The summed E-state index contributed by atoms with van der Waals surface area (Å²) in [5.74, 6) is 1.56. The minimum Gasteiger partial charge on any atom is -0.357 e. The summed E-state index contributed by atoms with van der Waals surface area (Å²) in [4.78, 5) is 19.3. The van der Waals surface area contributed by atoms with Gasteiger partial charge < -0.3 is 16.0 Å². The minimum absolute atomic E-state index is 0.136. The van der Waals surface area contributed by atoms with Crippen LogP contribution in [0.1, 0.15) is 66.2 Å². The van der Waals surface area contributed by atoms with E-state index in [-0.39, 0.29) is 5.91 Å². The molecule has 2 aliphatic rings. The van der Waals surface area contributed by atoms with Gasteiger partial charge in [-0.3, -0.25) is 14.7 Å². The van der Waals surface area contributed by atoms with Crippen LogP contribution in [-0.2, 0) is 4.79 Å². The van der Waals surface area contributed by atoms with Gasteiger partial charge in [0.05, 0.1) is 6.54 Å². The molecule has 26 heavy (non-hydrogen) atoms. The van der Waals surface area contributed by atoms with Gasteiger partial charge >= 0.3 is 0 Å². The van der Waals surface area contributed by atoms with Gasteiger partial charge in [-0.25, -0.2) is 0 Å². The highest BCUT2D eigenvalue weighted by Crippen LogP contribution is 2.19. The summed E-state index contributed by atoms with van der Waals surface area (Å²) in [6.07, 6.45) is 6.51. The molecule has 2 fully saturated rings. The molecule has 150 valence electrons. The average Bonchev–Trinajstić information content (AvgIpc) is 2.97. The summed E-state index contributed by atoms with van der Waals surface area (Å²) in [5.41, 5.74) is 0. The third-order valence-corrected chi connectivity index (χ3v) is 5.62. The van der Waals surface area contributed by atoms with E-state index in [2.05, 4.69) is 53.5 Å². The quantitative estimate of drug-likeness (QED) is 0.477. The van der Waals surface area contributed by atoms with E-state index >= 15 is 0 Å². The van der Waals surface area contributed by atoms with Gasteiger partial charge in [0.2, 0.25) is 5.91 Å². The second-order valence-corrected chi connectivity index (χ2v) is 8.19. The maximum atomic E-state index is 12.1. The molecule has 2 rings (SSSR count). The Kier molecular flexibility index (Phi) is 8.69. The third kappa shape index (κ3) is 6.78. The van der Waals surface area contributed by atoms with Crippen molar-refractivity contribution in [3.05, 3.63) is 0 Å². The van der Waals surface area contributed by atoms with Gasteiger partial charge in [-0.15, -0.1) is 0 Å². The van der Waals surface area contributed by atoms with Gasteiger partial charge in [-0.05, 0) is 39.5 Å². The first-order chi connectivity index (χ1) is 12.5. The SMILES string of the molecule is CCNC(=NCCC(=O)NC1CCCCC1)NC1CN(C(C)C)CC1C. The van der Waals surface area contributed by atoms with Gasteiger partial charge in [0.25, 0.3) is 0 Å². The summed E-state index contributed by atoms with van der Waals surface area (Å²) in [7, 11) is 0. The maximum Gasteiger partial charge on any atom is 0.222 e. The van der Waals surface area contributed by atoms with Gasteiger partial charge in [-0.1, -0.05) is 26.2 Å². The fraction of sp³-hybridized carbons (Fsp3) is 0.900. The second-order valence-electron chi connectivity index (χ2n) is 8.19. The van der Waals surface area contributed by atoms with Crippen LogP contribution in [0.4, 0.5) is 0 Å². The number of guanidine groups is 1. The topological polar surface area (TPSA) is 68.8 Å². The third-order valence-electron chi connectivity index (χ3n) is 5.62. The highest BCUT2D eigenvalue weighted by molar-refractivity contribution is 5.81. The summed E-state index contributed by atoms with van der Waals surface area (Å²) < 4.78 is 0. The summed E-state index contributed by atoms with van der Waals surface area (Å²) in [5, 5.41) is 10.1. The number of likely N-dealkylation sites (tertiary alicyclic amines) is 1. The van der Waals surface area contributed by atoms with Gasteiger partial charge in [0.1, 0.15) is 0 Å². The smallest absolute Gasteiger partial charge is 0.222 e. The number of carbonyl (C=O) groups excluding carboxylic acids is 1. The molecule has 0 aromatic carbocycles. The van der Waals surface area contributed by atoms with Crippen LogP contribution in [0.5, 0.6) is 0 Å². The molecular formula is C20H39N5O. The molecule has 1 saturated heterocycles. The highest BCUT2D eigenvalue weighted by Gasteiger charge is 2.31. The lowest BCUT2D eigenvalue weighted by atomic mass is 9.95. The largest absolute Gasteiger partial charge is 0.357 e. The predicted octanol–water partition coefficient (Wildman–Crippen LogP) is 2.11. The van der Waals surface area contributed by atoms with Crippen molar-refractivity contribution in [3.63, 3.8) is 0 Å². The number of nitrogens with one attached hydrogen (secondary N) is 3. The number of amides is 1. The first-order valence-corrected chi connectivity index (χ1v) is 10.6. The summed E-state index contributed by atoms with van der Waals surface area (Å²) >= 11 is 0. The van der Waals surface area contributed by atoms with Crippen LogP contribution in [0.2, 0.25) is 0 Å². The predicted molar refractivity (Wildman–Crippen MR) is 108 cm³/mol. The molecular weight excluding hydrogens is 326 g/mol. The van der Waals surface area contributed by atoms with E-state index in [0.717, 1.165) is 38.4 Å². The highest BCUT2D eigenvalue weighted by atomic mass is 16.1. The van der Waals surface area contributed by atoms with Crippen LogP contribution in [-0.4, -0.2) is 61.1 Å². The Morgan fingerprint density at radius 1 is 1.15 bits per heavy atom. The Labute approximate surface area is 159 Å². The van der Waals surface area contributed by atoms with E-state index in [9.17, 15) is 4.79 Å². The molecule has 0 aromatic heterocycles. The van der Waals surface area contributed by atoms with Crippen molar-refractivity contribution in [3.8, 4) is 0 Å². The van der Waals surface area contributed by atoms with E-state index in [0.29, 0.717) is 37.0 Å². The Morgan fingerprint density at radius 3 is 2.50 bits per heavy atom. The monoisotopic (exact) mass is 365 g/mol. The van der Waals surface area contributed by atoms with Crippen LogP contribution in [0, 0.1) is 5.92 Å².